The van der Waals surface area contributed by atoms with Crippen LogP contribution in [0.2, 0.25) is 0 Å². The molecule has 3 aromatic rings. The van der Waals surface area contributed by atoms with E-state index in [1.807, 2.05) is 30.3 Å². The van der Waals surface area contributed by atoms with E-state index in [0.717, 1.165) is 42.6 Å². The van der Waals surface area contributed by atoms with Gasteiger partial charge in [0.2, 0.25) is 5.91 Å². The van der Waals surface area contributed by atoms with Gasteiger partial charge in [-0.1, -0.05) is 44.2 Å². The van der Waals surface area contributed by atoms with Crippen LogP contribution in [0.15, 0.2) is 60.7 Å². The maximum Gasteiger partial charge on any atom is 0.318 e. The Balaban J connectivity index is 1.20. The van der Waals surface area contributed by atoms with Gasteiger partial charge in [0.1, 0.15) is 18.2 Å². The molecule has 4 fully saturated rings. The molecular formula is C32H38FN5O2. The minimum absolute atomic E-state index is 0.0638. The lowest BCUT2D eigenvalue weighted by atomic mass is 9.53. The van der Waals surface area contributed by atoms with Gasteiger partial charge in [0.15, 0.2) is 0 Å². The summed E-state index contributed by atoms with van der Waals surface area (Å²) >= 11 is 0. The molecule has 8 heteroatoms. The summed E-state index contributed by atoms with van der Waals surface area (Å²) in [5.41, 5.74) is 2.08. The van der Waals surface area contributed by atoms with E-state index in [1.54, 1.807) is 27.8 Å². The molecule has 4 bridgehead atoms. The molecule has 0 atom stereocenters. The molecule has 4 aliphatic rings. The summed E-state index contributed by atoms with van der Waals surface area (Å²) < 4.78 is 15.2. The van der Waals surface area contributed by atoms with Crippen molar-refractivity contribution >= 4 is 17.8 Å². The third kappa shape index (κ3) is 5.62. The monoisotopic (exact) mass is 543 g/mol. The van der Waals surface area contributed by atoms with Gasteiger partial charge >= 0.3 is 6.03 Å². The second-order valence-electron chi connectivity index (χ2n) is 12.6. The summed E-state index contributed by atoms with van der Waals surface area (Å²) in [7, 11) is 0. The van der Waals surface area contributed by atoms with Crippen LogP contribution in [0, 0.1) is 29.5 Å². The Kier molecular flexibility index (Phi) is 7.11. The van der Waals surface area contributed by atoms with Crippen LogP contribution in [0.1, 0.15) is 52.4 Å². The van der Waals surface area contributed by atoms with Gasteiger partial charge in [0, 0.05) is 23.7 Å². The smallest absolute Gasteiger partial charge is 0.318 e. The van der Waals surface area contributed by atoms with Crippen molar-refractivity contribution < 1.29 is 14.0 Å². The van der Waals surface area contributed by atoms with E-state index in [4.69, 9.17) is 5.10 Å². The second kappa shape index (κ2) is 10.7. The SMILES string of the molecule is CC(C)CN(CC(=O)Nc1cc(-c2ccccc2)nn1-c1ccc(F)cc1)C(=O)NC12CC3CC(CC(C3)C1)C2. The van der Waals surface area contributed by atoms with Crippen LogP contribution in [0.3, 0.4) is 0 Å². The molecule has 2 N–H and O–H groups in total. The normalized spacial score (nSPS) is 24.8. The van der Waals surface area contributed by atoms with Gasteiger partial charge in [0.05, 0.1) is 11.4 Å². The number of carbonyl (C=O) groups excluding carboxylic acids is 2. The number of urea groups is 1. The maximum atomic E-state index is 13.6. The van der Waals surface area contributed by atoms with Gasteiger partial charge in [-0.3, -0.25) is 4.79 Å². The predicted molar refractivity (Wildman–Crippen MR) is 153 cm³/mol. The molecule has 1 aromatic heterocycles. The number of nitrogens with zero attached hydrogens (tertiary/aromatic N) is 3. The van der Waals surface area contributed by atoms with Crippen LogP contribution in [-0.4, -0.2) is 45.2 Å². The van der Waals surface area contributed by atoms with E-state index in [2.05, 4.69) is 24.5 Å². The van der Waals surface area contributed by atoms with Crippen molar-refractivity contribution in [3.63, 3.8) is 0 Å². The molecule has 0 unspecified atom stereocenters. The average Bonchev–Trinajstić information content (AvgIpc) is 3.31. The fourth-order valence-electron chi connectivity index (χ4n) is 7.58. The number of amides is 3. The summed E-state index contributed by atoms with van der Waals surface area (Å²) in [5, 5.41) is 11.1. The van der Waals surface area contributed by atoms with Crippen LogP contribution in [-0.2, 0) is 4.79 Å². The largest absolute Gasteiger partial charge is 0.333 e. The number of carbonyl (C=O) groups is 2. The van der Waals surface area contributed by atoms with E-state index in [9.17, 15) is 14.0 Å². The van der Waals surface area contributed by atoms with Gasteiger partial charge in [-0.25, -0.2) is 13.9 Å². The summed E-state index contributed by atoms with van der Waals surface area (Å²) in [6, 6.07) is 17.3. The highest BCUT2D eigenvalue weighted by atomic mass is 19.1. The van der Waals surface area contributed by atoms with Crippen LogP contribution < -0.4 is 10.6 Å². The number of nitrogens with one attached hydrogen (secondary N) is 2. The Morgan fingerprint density at radius 3 is 2.23 bits per heavy atom. The van der Waals surface area contributed by atoms with Crippen LogP contribution >= 0.6 is 0 Å². The number of benzene rings is 2. The third-order valence-corrected chi connectivity index (χ3v) is 8.74. The first kappa shape index (κ1) is 26.5. The lowest BCUT2D eigenvalue weighted by Crippen LogP contribution is -2.62. The quantitative estimate of drug-likeness (QED) is 0.352. The Morgan fingerprint density at radius 1 is 1.00 bits per heavy atom. The first-order chi connectivity index (χ1) is 19.2. The van der Waals surface area contributed by atoms with Gasteiger partial charge in [-0.05, 0) is 86.5 Å². The molecule has 4 aliphatic carbocycles. The van der Waals surface area contributed by atoms with E-state index >= 15 is 0 Å². The standard InChI is InChI=1S/C32H38FN5O2/c1-21(2)19-37(31(40)35-32-16-22-12-23(17-32)14-24(13-22)18-32)20-30(39)34-29-15-28(25-6-4-3-5-7-25)36-38(29)27-10-8-26(33)9-11-27/h3-11,15,21-24H,12-14,16-20H2,1-2H3,(H,34,39)(H,35,40). The molecule has 0 saturated heterocycles. The third-order valence-electron chi connectivity index (χ3n) is 8.74. The van der Waals surface area contributed by atoms with Crippen LogP contribution in [0.4, 0.5) is 15.0 Å². The number of aromatic nitrogens is 2. The number of anilines is 1. The van der Waals surface area contributed by atoms with Crippen molar-refractivity contribution in [2.75, 3.05) is 18.4 Å². The topological polar surface area (TPSA) is 79.3 Å². The fourth-order valence-corrected chi connectivity index (χ4v) is 7.58. The zero-order valence-electron chi connectivity index (χ0n) is 23.3. The zero-order chi connectivity index (χ0) is 27.9. The van der Waals surface area contributed by atoms with Gasteiger partial charge in [-0.2, -0.15) is 5.10 Å². The van der Waals surface area contributed by atoms with Gasteiger partial charge in [0.25, 0.3) is 0 Å². The molecular weight excluding hydrogens is 505 g/mol. The molecule has 0 radical (unpaired) electrons. The number of halogens is 1. The molecule has 210 valence electrons. The second-order valence-corrected chi connectivity index (χ2v) is 12.6. The lowest BCUT2D eigenvalue weighted by Gasteiger charge is -2.57. The summed E-state index contributed by atoms with van der Waals surface area (Å²) in [4.78, 5) is 28.7. The molecule has 7 rings (SSSR count). The first-order valence-corrected chi connectivity index (χ1v) is 14.5. The summed E-state index contributed by atoms with van der Waals surface area (Å²) in [6.07, 6.45) is 7.10. The fraction of sp³-hybridized carbons (Fsp3) is 0.469. The molecule has 2 aromatic carbocycles. The van der Waals surface area contributed by atoms with Gasteiger partial charge < -0.3 is 15.5 Å². The van der Waals surface area contributed by atoms with Crippen LogP contribution in [0.25, 0.3) is 16.9 Å². The van der Waals surface area contributed by atoms with Crippen molar-refractivity contribution in [1.82, 2.24) is 20.0 Å². The minimum Gasteiger partial charge on any atom is -0.333 e. The molecule has 0 spiro atoms. The maximum absolute atomic E-state index is 13.6. The summed E-state index contributed by atoms with van der Waals surface area (Å²) in [6.45, 7) is 4.53. The van der Waals surface area contributed by atoms with Gasteiger partial charge in [-0.15, -0.1) is 0 Å². The molecule has 40 heavy (non-hydrogen) atoms. The Hall–Kier alpha value is -3.68. The van der Waals surface area contributed by atoms with Crippen molar-refractivity contribution in [3.8, 4) is 16.9 Å². The van der Waals surface area contributed by atoms with Crippen molar-refractivity contribution in [3.05, 3.63) is 66.5 Å². The number of hydrogen-bond donors (Lipinski definition) is 2. The highest BCUT2D eigenvalue weighted by molar-refractivity contribution is 5.94. The zero-order valence-corrected chi connectivity index (χ0v) is 23.3. The van der Waals surface area contributed by atoms with Crippen LogP contribution in [0.5, 0.6) is 0 Å². The van der Waals surface area contributed by atoms with Crippen molar-refractivity contribution in [2.24, 2.45) is 23.7 Å². The van der Waals surface area contributed by atoms with Crippen molar-refractivity contribution in [2.45, 2.75) is 57.9 Å². The number of hydrogen-bond acceptors (Lipinski definition) is 3. The molecule has 7 nitrogen and oxygen atoms in total. The Labute approximate surface area is 235 Å². The highest BCUT2D eigenvalue weighted by Crippen LogP contribution is 2.55. The first-order valence-electron chi connectivity index (χ1n) is 14.5. The Bertz CT molecular complexity index is 1330. The van der Waals surface area contributed by atoms with E-state index in [0.29, 0.717) is 23.7 Å². The average molecular weight is 544 g/mol. The molecule has 4 saturated carbocycles. The number of rotatable bonds is 8. The molecule has 0 aliphatic heterocycles. The van der Waals surface area contributed by atoms with E-state index in [-0.39, 0.29) is 35.8 Å². The van der Waals surface area contributed by atoms with Crippen molar-refractivity contribution in [1.29, 1.82) is 0 Å². The summed E-state index contributed by atoms with van der Waals surface area (Å²) in [5.74, 6) is 2.19. The molecule has 3 amide bonds. The van der Waals surface area contributed by atoms with E-state index < -0.39 is 0 Å². The minimum atomic E-state index is -0.348. The molecule has 1 heterocycles. The highest BCUT2D eigenvalue weighted by Gasteiger charge is 2.51. The lowest BCUT2D eigenvalue weighted by molar-refractivity contribution is -0.117. The van der Waals surface area contributed by atoms with E-state index in [1.165, 1.54) is 31.4 Å². The Morgan fingerprint density at radius 2 is 1.62 bits per heavy atom. The predicted octanol–water partition coefficient (Wildman–Crippen LogP) is 6.25.